The predicted octanol–water partition coefficient (Wildman–Crippen LogP) is 4.20. The van der Waals surface area contributed by atoms with Crippen LogP contribution in [0.4, 0.5) is 18.3 Å². The van der Waals surface area contributed by atoms with Crippen molar-refractivity contribution in [1.82, 2.24) is 14.8 Å². The van der Waals surface area contributed by atoms with E-state index in [4.69, 9.17) is 0 Å². The van der Waals surface area contributed by atoms with Gasteiger partial charge in [-0.15, -0.1) is 13.2 Å². The molecular formula is C14H13F3N4S. The number of hydrogen-bond donors (Lipinski definition) is 1. The number of nitrogens with zero attached hydrogens (tertiary/aromatic N) is 3. The molecule has 3 aromatic rings. The largest absolute Gasteiger partial charge is 0.504 e. The minimum atomic E-state index is -4.48. The van der Waals surface area contributed by atoms with Gasteiger partial charge in [0.05, 0.1) is 16.4 Å². The Morgan fingerprint density at radius 1 is 1.27 bits per heavy atom. The molecule has 0 saturated carbocycles. The Morgan fingerprint density at radius 3 is 2.73 bits per heavy atom. The number of aryl methyl sites for hydroxylation is 2. The molecule has 8 heteroatoms. The summed E-state index contributed by atoms with van der Waals surface area (Å²) in [6.45, 7) is 4.27. The number of rotatable bonds is 3. The molecule has 0 unspecified atom stereocenters. The molecule has 3 rings (SSSR count). The third kappa shape index (κ3) is 2.78. The number of alkyl halides is 3. The van der Waals surface area contributed by atoms with Crippen LogP contribution >= 0.6 is 11.3 Å². The summed E-state index contributed by atoms with van der Waals surface area (Å²) in [5, 5.41) is 7.04. The van der Waals surface area contributed by atoms with Crippen molar-refractivity contribution < 1.29 is 13.2 Å². The molecule has 2 aromatic heterocycles. The molecule has 0 aliphatic rings. The lowest BCUT2D eigenvalue weighted by Crippen LogP contribution is -2.16. The first kappa shape index (κ1) is 14.8. The van der Waals surface area contributed by atoms with Crippen molar-refractivity contribution in [2.45, 2.75) is 26.7 Å². The van der Waals surface area contributed by atoms with E-state index in [1.54, 1.807) is 0 Å². The molecule has 0 aliphatic carbocycles. The summed E-state index contributed by atoms with van der Waals surface area (Å²) < 4.78 is 38.4. The highest BCUT2D eigenvalue weighted by Crippen LogP contribution is 2.30. The van der Waals surface area contributed by atoms with E-state index in [1.165, 1.54) is 17.5 Å². The normalized spacial score (nSPS) is 12.0. The molecule has 0 spiro atoms. The van der Waals surface area contributed by atoms with Gasteiger partial charge in [0.1, 0.15) is 0 Å². The van der Waals surface area contributed by atoms with Crippen LogP contribution in [0.15, 0.2) is 24.5 Å². The number of aromatic nitrogens is 3. The van der Waals surface area contributed by atoms with Crippen LogP contribution in [0, 0.1) is 13.8 Å². The molecule has 0 bridgehead atoms. The third-order valence-electron chi connectivity index (χ3n) is 3.42. The lowest BCUT2D eigenvalue weighted by Gasteiger charge is -2.04. The molecule has 116 valence electrons. The van der Waals surface area contributed by atoms with Crippen LogP contribution in [0.2, 0.25) is 0 Å². The fourth-order valence-corrected chi connectivity index (χ4v) is 2.99. The van der Waals surface area contributed by atoms with Gasteiger partial charge >= 0.3 is 6.30 Å². The van der Waals surface area contributed by atoms with Gasteiger partial charge in [-0.1, -0.05) is 17.4 Å². The first-order chi connectivity index (χ1) is 10.3. The second-order valence-corrected chi connectivity index (χ2v) is 6.02. The standard InChI is InChI=1S/C14H13F3N4S/c1-8-3-4-11-12(9(8)2)20-13(22-11)18-5-10-6-19-21(7-10)14(15,16)17/h3-4,6-7H,5H2,1-2H3,(H,18,20). The van der Waals surface area contributed by atoms with E-state index >= 15 is 0 Å². The Balaban J connectivity index is 1.77. The zero-order valence-electron chi connectivity index (χ0n) is 11.9. The number of halogens is 3. The zero-order chi connectivity index (χ0) is 15.9. The van der Waals surface area contributed by atoms with E-state index < -0.39 is 6.30 Å². The highest BCUT2D eigenvalue weighted by molar-refractivity contribution is 7.22. The second kappa shape index (κ2) is 5.28. The molecule has 0 atom stereocenters. The minimum absolute atomic E-state index is 0.00410. The molecule has 0 saturated heterocycles. The zero-order valence-corrected chi connectivity index (χ0v) is 12.7. The minimum Gasteiger partial charge on any atom is -0.357 e. The maximum absolute atomic E-state index is 12.5. The fraction of sp³-hybridized carbons (Fsp3) is 0.286. The summed E-state index contributed by atoms with van der Waals surface area (Å²) in [5.41, 5.74) is 3.66. The van der Waals surface area contributed by atoms with Crippen LogP contribution < -0.4 is 5.32 Å². The molecule has 1 aromatic carbocycles. The quantitative estimate of drug-likeness (QED) is 0.784. The lowest BCUT2D eigenvalue weighted by atomic mass is 10.1. The molecule has 2 heterocycles. The van der Waals surface area contributed by atoms with E-state index in [1.807, 2.05) is 26.0 Å². The van der Waals surface area contributed by atoms with Gasteiger partial charge < -0.3 is 5.32 Å². The summed E-state index contributed by atoms with van der Waals surface area (Å²) in [7, 11) is 0. The van der Waals surface area contributed by atoms with Crippen LogP contribution in [0.1, 0.15) is 16.7 Å². The van der Waals surface area contributed by atoms with Gasteiger partial charge in [0.15, 0.2) is 5.13 Å². The van der Waals surface area contributed by atoms with E-state index in [0.29, 0.717) is 10.7 Å². The topological polar surface area (TPSA) is 42.7 Å². The Kier molecular flexibility index (Phi) is 3.56. The van der Waals surface area contributed by atoms with E-state index in [0.717, 1.165) is 27.5 Å². The van der Waals surface area contributed by atoms with Crippen molar-refractivity contribution in [2.24, 2.45) is 0 Å². The average Bonchev–Trinajstić information content (AvgIpc) is 3.07. The van der Waals surface area contributed by atoms with Gasteiger partial charge in [0.2, 0.25) is 0 Å². The van der Waals surface area contributed by atoms with Crippen molar-refractivity contribution in [3.05, 3.63) is 41.2 Å². The number of anilines is 1. The number of nitrogens with one attached hydrogen (secondary N) is 1. The number of hydrogen-bond acceptors (Lipinski definition) is 4. The van der Waals surface area contributed by atoms with Crippen LogP contribution in [0.25, 0.3) is 10.2 Å². The number of thiazole rings is 1. The molecule has 22 heavy (non-hydrogen) atoms. The SMILES string of the molecule is Cc1ccc2sc(NCc3cnn(C(F)(F)F)c3)nc2c1C. The van der Waals surface area contributed by atoms with Crippen molar-refractivity contribution in [1.29, 1.82) is 0 Å². The maximum atomic E-state index is 12.5. The predicted molar refractivity (Wildman–Crippen MR) is 79.9 cm³/mol. The number of fused-ring (bicyclic) bond motifs is 1. The monoisotopic (exact) mass is 326 g/mol. The van der Waals surface area contributed by atoms with Gasteiger partial charge in [0, 0.05) is 18.3 Å². The summed E-state index contributed by atoms with van der Waals surface area (Å²) in [5.74, 6) is 0. The first-order valence-electron chi connectivity index (χ1n) is 6.56. The molecule has 4 nitrogen and oxygen atoms in total. The van der Waals surface area contributed by atoms with Crippen LogP contribution in [0.3, 0.4) is 0 Å². The summed E-state index contributed by atoms with van der Waals surface area (Å²) >= 11 is 1.48. The van der Waals surface area contributed by atoms with Gasteiger partial charge in [0.25, 0.3) is 0 Å². The van der Waals surface area contributed by atoms with E-state index in [9.17, 15) is 13.2 Å². The smallest absolute Gasteiger partial charge is 0.357 e. The molecule has 0 fully saturated rings. The number of benzene rings is 1. The summed E-state index contributed by atoms with van der Waals surface area (Å²) in [6.07, 6.45) is -2.32. The van der Waals surface area contributed by atoms with E-state index in [-0.39, 0.29) is 11.2 Å². The Bertz CT molecular complexity index is 819. The molecule has 0 amide bonds. The van der Waals surface area contributed by atoms with Gasteiger partial charge in [-0.25, -0.2) is 4.98 Å². The molecule has 1 N–H and O–H groups in total. The maximum Gasteiger partial charge on any atom is 0.504 e. The second-order valence-electron chi connectivity index (χ2n) is 4.99. The van der Waals surface area contributed by atoms with E-state index in [2.05, 4.69) is 15.4 Å². The van der Waals surface area contributed by atoms with Gasteiger partial charge in [-0.2, -0.15) is 9.78 Å². The van der Waals surface area contributed by atoms with Crippen molar-refractivity contribution >= 4 is 26.7 Å². The fourth-order valence-electron chi connectivity index (χ4n) is 2.07. The van der Waals surface area contributed by atoms with Crippen LogP contribution in [-0.4, -0.2) is 14.8 Å². The molecular weight excluding hydrogens is 313 g/mol. The summed E-state index contributed by atoms with van der Waals surface area (Å²) in [4.78, 5) is 4.50. The van der Waals surface area contributed by atoms with Gasteiger partial charge in [-0.3, -0.25) is 0 Å². The first-order valence-corrected chi connectivity index (χ1v) is 7.37. The van der Waals surface area contributed by atoms with Crippen molar-refractivity contribution in [2.75, 3.05) is 5.32 Å². The van der Waals surface area contributed by atoms with Crippen LogP contribution in [0.5, 0.6) is 0 Å². The average molecular weight is 326 g/mol. The van der Waals surface area contributed by atoms with Gasteiger partial charge in [-0.05, 0) is 31.0 Å². The summed E-state index contributed by atoms with van der Waals surface area (Å²) in [6, 6.07) is 4.04. The van der Waals surface area contributed by atoms with Crippen molar-refractivity contribution in [3.63, 3.8) is 0 Å². The lowest BCUT2D eigenvalue weighted by molar-refractivity contribution is -0.212. The molecule has 0 aliphatic heterocycles. The Hall–Kier alpha value is -2.09. The van der Waals surface area contributed by atoms with Crippen LogP contribution in [-0.2, 0) is 12.8 Å². The van der Waals surface area contributed by atoms with Crippen molar-refractivity contribution in [3.8, 4) is 0 Å². The Morgan fingerprint density at radius 2 is 2.05 bits per heavy atom. The third-order valence-corrected chi connectivity index (χ3v) is 4.40. The Labute approximate surface area is 128 Å². The highest BCUT2D eigenvalue weighted by Gasteiger charge is 2.31. The molecule has 0 radical (unpaired) electrons. The highest BCUT2D eigenvalue weighted by atomic mass is 32.1.